The van der Waals surface area contributed by atoms with Gasteiger partial charge >= 0.3 is 0 Å². The molecule has 2 aromatic rings. The van der Waals surface area contributed by atoms with E-state index in [2.05, 4.69) is 41.7 Å². The van der Waals surface area contributed by atoms with Crippen LogP contribution in [-0.4, -0.2) is 10.4 Å². The van der Waals surface area contributed by atoms with Gasteiger partial charge in [0.2, 0.25) is 0 Å². The molecule has 1 aromatic heterocycles. The molecule has 2 rings (SSSR count). The molecule has 0 bridgehead atoms. The van der Waals surface area contributed by atoms with Crippen molar-refractivity contribution in [3.63, 3.8) is 0 Å². The summed E-state index contributed by atoms with van der Waals surface area (Å²) in [6.45, 7) is 4.52. The van der Waals surface area contributed by atoms with Gasteiger partial charge in [0.1, 0.15) is 5.00 Å². The minimum Gasteiger partial charge on any atom is -0.373 e. The normalized spacial score (nSPS) is 12.8. The van der Waals surface area contributed by atoms with Crippen molar-refractivity contribution in [2.45, 2.75) is 52.0 Å². The van der Waals surface area contributed by atoms with Crippen LogP contribution in [0.2, 0.25) is 0 Å². The van der Waals surface area contributed by atoms with Gasteiger partial charge in [0.25, 0.3) is 0 Å². The topological polar surface area (TPSA) is 24.9 Å². The largest absolute Gasteiger partial charge is 0.373 e. The van der Waals surface area contributed by atoms with Gasteiger partial charge in [-0.3, -0.25) is 0 Å². The Morgan fingerprint density at radius 1 is 1.22 bits per heavy atom. The molecule has 1 heterocycles. The van der Waals surface area contributed by atoms with Gasteiger partial charge in [-0.2, -0.15) is 4.37 Å². The van der Waals surface area contributed by atoms with Crippen LogP contribution in [0.1, 0.15) is 46.0 Å². The first kappa shape index (κ1) is 13.3. The predicted molar refractivity (Wildman–Crippen MR) is 81.5 cm³/mol. The van der Waals surface area contributed by atoms with E-state index in [-0.39, 0.29) is 0 Å². The van der Waals surface area contributed by atoms with Gasteiger partial charge in [0.15, 0.2) is 0 Å². The Morgan fingerprint density at radius 3 is 2.89 bits per heavy atom. The standard InChI is InChI=1S/C15H22N2S/c1-3-4-5-6-9-12(2)16-15-13-10-7-8-11-14(13)17-18-15/h7-8,10-12,16H,3-6,9H2,1-2H3. The summed E-state index contributed by atoms with van der Waals surface area (Å²) in [5.41, 5.74) is 1.10. The van der Waals surface area contributed by atoms with Gasteiger partial charge in [-0.25, -0.2) is 0 Å². The van der Waals surface area contributed by atoms with Crippen molar-refractivity contribution in [3.8, 4) is 0 Å². The van der Waals surface area contributed by atoms with Crippen LogP contribution < -0.4 is 5.32 Å². The van der Waals surface area contributed by atoms with Crippen LogP contribution in [0.25, 0.3) is 10.9 Å². The number of fused-ring (bicyclic) bond motifs is 1. The molecule has 0 fully saturated rings. The third kappa shape index (κ3) is 3.45. The minimum absolute atomic E-state index is 0.533. The maximum atomic E-state index is 4.46. The van der Waals surface area contributed by atoms with Gasteiger partial charge in [0, 0.05) is 11.4 Å². The number of nitrogens with zero attached hydrogens (tertiary/aromatic N) is 1. The van der Waals surface area contributed by atoms with Crippen LogP contribution in [0, 0.1) is 0 Å². The highest BCUT2D eigenvalue weighted by molar-refractivity contribution is 7.11. The van der Waals surface area contributed by atoms with Crippen molar-refractivity contribution in [3.05, 3.63) is 24.3 Å². The first-order valence-electron chi connectivity index (χ1n) is 6.92. The maximum absolute atomic E-state index is 4.46. The molecule has 1 atom stereocenters. The second kappa shape index (κ2) is 6.74. The van der Waals surface area contributed by atoms with Crippen LogP contribution >= 0.6 is 11.5 Å². The molecule has 1 N–H and O–H groups in total. The second-order valence-corrected chi connectivity index (χ2v) is 5.70. The average molecular weight is 262 g/mol. The Labute approximate surface area is 114 Å². The van der Waals surface area contributed by atoms with Gasteiger partial charge in [-0.05, 0) is 37.0 Å². The van der Waals surface area contributed by atoms with Crippen molar-refractivity contribution in [2.75, 3.05) is 5.32 Å². The van der Waals surface area contributed by atoms with E-state index >= 15 is 0 Å². The van der Waals surface area contributed by atoms with Gasteiger partial charge in [-0.1, -0.05) is 44.7 Å². The van der Waals surface area contributed by atoms with Crippen molar-refractivity contribution >= 4 is 27.4 Å². The lowest BCUT2D eigenvalue weighted by Crippen LogP contribution is -2.14. The lowest BCUT2D eigenvalue weighted by molar-refractivity contribution is 0.595. The van der Waals surface area contributed by atoms with E-state index in [9.17, 15) is 0 Å². The predicted octanol–water partition coefficient (Wildman–Crippen LogP) is 5.07. The van der Waals surface area contributed by atoms with Crippen LogP contribution in [0.4, 0.5) is 5.00 Å². The molecule has 0 aliphatic rings. The SMILES string of the molecule is CCCCCCC(C)Nc1snc2ccccc12. The Morgan fingerprint density at radius 2 is 2.06 bits per heavy atom. The van der Waals surface area contributed by atoms with E-state index in [0.717, 1.165) is 5.52 Å². The summed E-state index contributed by atoms with van der Waals surface area (Å²) in [5.74, 6) is 0. The molecule has 0 amide bonds. The number of unbranched alkanes of at least 4 members (excludes halogenated alkanes) is 3. The van der Waals surface area contributed by atoms with E-state index in [4.69, 9.17) is 0 Å². The summed E-state index contributed by atoms with van der Waals surface area (Å²) < 4.78 is 4.46. The first-order chi connectivity index (χ1) is 8.81. The Kier molecular flexibility index (Phi) is 5.00. The van der Waals surface area contributed by atoms with Crippen molar-refractivity contribution in [1.82, 2.24) is 4.37 Å². The molecule has 0 aliphatic carbocycles. The molecule has 1 aromatic carbocycles. The lowest BCUT2D eigenvalue weighted by atomic mass is 10.1. The third-order valence-corrected chi connectivity index (χ3v) is 4.06. The molecule has 3 heteroatoms. The number of aromatic nitrogens is 1. The first-order valence-corrected chi connectivity index (χ1v) is 7.69. The van der Waals surface area contributed by atoms with E-state index < -0.39 is 0 Å². The highest BCUT2D eigenvalue weighted by Gasteiger charge is 2.08. The van der Waals surface area contributed by atoms with Crippen molar-refractivity contribution in [1.29, 1.82) is 0 Å². The Bertz CT molecular complexity index is 478. The Balaban J connectivity index is 1.88. The van der Waals surface area contributed by atoms with Crippen LogP contribution in [-0.2, 0) is 0 Å². The quantitative estimate of drug-likeness (QED) is 0.705. The monoisotopic (exact) mass is 262 g/mol. The van der Waals surface area contributed by atoms with E-state index in [1.165, 1.54) is 42.5 Å². The average Bonchev–Trinajstić information content (AvgIpc) is 2.78. The number of hydrogen-bond donors (Lipinski definition) is 1. The van der Waals surface area contributed by atoms with E-state index in [0.29, 0.717) is 6.04 Å². The lowest BCUT2D eigenvalue weighted by Gasteiger charge is -2.13. The van der Waals surface area contributed by atoms with E-state index in [1.54, 1.807) is 11.5 Å². The summed E-state index contributed by atoms with van der Waals surface area (Å²) in [6, 6.07) is 8.87. The number of anilines is 1. The van der Waals surface area contributed by atoms with Crippen LogP contribution in [0.5, 0.6) is 0 Å². The summed E-state index contributed by atoms with van der Waals surface area (Å²) in [4.78, 5) is 0. The maximum Gasteiger partial charge on any atom is 0.117 e. The molecule has 0 radical (unpaired) electrons. The number of benzene rings is 1. The van der Waals surface area contributed by atoms with Crippen LogP contribution in [0.3, 0.4) is 0 Å². The summed E-state index contributed by atoms with van der Waals surface area (Å²) in [5, 5.41) is 6.07. The molecule has 1 unspecified atom stereocenters. The summed E-state index contributed by atoms with van der Waals surface area (Å²) >= 11 is 1.57. The molecule has 2 nitrogen and oxygen atoms in total. The molecule has 18 heavy (non-hydrogen) atoms. The van der Waals surface area contributed by atoms with Gasteiger partial charge < -0.3 is 5.32 Å². The smallest absolute Gasteiger partial charge is 0.117 e. The zero-order chi connectivity index (χ0) is 12.8. The molecular formula is C15H22N2S. The number of hydrogen-bond acceptors (Lipinski definition) is 3. The van der Waals surface area contributed by atoms with Gasteiger partial charge in [-0.15, -0.1) is 0 Å². The molecule has 0 saturated heterocycles. The fourth-order valence-electron chi connectivity index (χ4n) is 2.17. The number of rotatable bonds is 7. The minimum atomic E-state index is 0.533. The Hall–Kier alpha value is -1.09. The summed E-state index contributed by atoms with van der Waals surface area (Å²) in [7, 11) is 0. The fraction of sp³-hybridized carbons (Fsp3) is 0.533. The fourth-order valence-corrected chi connectivity index (χ4v) is 3.04. The molecule has 0 saturated carbocycles. The number of nitrogens with one attached hydrogen (secondary N) is 1. The highest BCUT2D eigenvalue weighted by atomic mass is 32.1. The van der Waals surface area contributed by atoms with Gasteiger partial charge in [0.05, 0.1) is 5.52 Å². The molecule has 0 spiro atoms. The highest BCUT2D eigenvalue weighted by Crippen LogP contribution is 2.28. The van der Waals surface area contributed by atoms with E-state index in [1.807, 2.05) is 6.07 Å². The van der Waals surface area contributed by atoms with Crippen molar-refractivity contribution in [2.24, 2.45) is 0 Å². The zero-order valence-electron chi connectivity index (χ0n) is 11.3. The third-order valence-electron chi connectivity index (χ3n) is 3.25. The second-order valence-electron chi connectivity index (χ2n) is 4.92. The molecule has 98 valence electrons. The summed E-state index contributed by atoms with van der Waals surface area (Å²) in [6.07, 6.45) is 6.58. The zero-order valence-corrected chi connectivity index (χ0v) is 12.1. The van der Waals surface area contributed by atoms with Crippen LogP contribution in [0.15, 0.2) is 24.3 Å². The molecular weight excluding hydrogens is 240 g/mol. The molecule has 0 aliphatic heterocycles. The van der Waals surface area contributed by atoms with Crippen molar-refractivity contribution < 1.29 is 0 Å².